The third-order valence-corrected chi connectivity index (χ3v) is 3.96. The van der Waals surface area contributed by atoms with Gasteiger partial charge >= 0.3 is 5.97 Å². The monoisotopic (exact) mass is 361 g/mol. The van der Waals surface area contributed by atoms with Gasteiger partial charge < -0.3 is 15.2 Å². The summed E-state index contributed by atoms with van der Waals surface area (Å²) in [6, 6.07) is 9.36. The van der Waals surface area contributed by atoms with Crippen LogP contribution in [0.25, 0.3) is 0 Å². The first kappa shape index (κ1) is 19.6. The third-order valence-electron chi connectivity index (χ3n) is 3.96. The summed E-state index contributed by atoms with van der Waals surface area (Å²) in [4.78, 5) is 35.7. The Morgan fingerprint density at radius 1 is 1.31 bits per heavy atom. The first-order valence-corrected chi connectivity index (χ1v) is 8.28. The molecule has 0 saturated heterocycles. The van der Waals surface area contributed by atoms with Gasteiger partial charge in [0, 0.05) is 20.0 Å². The number of carbonyl (C=O) groups is 3. The molecule has 0 aliphatic carbocycles. The molecule has 2 N–H and O–H groups in total. The van der Waals surface area contributed by atoms with Gasteiger partial charge in [-0.2, -0.15) is 5.10 Å². The van der Waals surface area contributed by atoms with Crippen LogP contribution in [0.3, 0.4) is 0 Å². The first-order valence-electron chi connectivity index (χ1n) is 8.28. The van der Waals surface area contributed by atoms with Gasteiger partial charge in [-0.05, 0) is 12.5 Å². The number of ether oxygens (including phenoxy) is 1. The molecule has 1 aliphatic heterocycles. The van der Waals surface area contributed by atoms with Crippen LogP contribution in [0, 0.1) is 0 Å². The highest BCUT2D eigenvalue weighted by Gasteiger charge is 2.32. The van der Waals surface area contributed by atoms with Crippen LogP contribution in [0.15, 0.2) is 35.4 Å². The minimum absolute atomic E-state index is 0.0466. The highest BCUT2D eigenvalue weighted by atomic mass is 16.5. The maximum Gasteiger partial charge on any atom is 0.305 e. The van der Waals surface area contributed by atoms with Crippen LogP contribution in [0.4, 0.5) is 0 Å². The van der Waals surface area contributed by atoms with E-state index in [9.17, 15) is 14.4 Å². The molecule has 2 rings (SSSR count). The second-order valence-electron chi connectivity index (χ2n) is 6.50. The zero-order valence-corrected chi connectivity index (χ0v) is 14.9. The average molecular weight is 361 g/mol. The summed E-state index contributed by atoms with van der Waals surface area (Å²) in [5, 5.41) is 17.2. The summed E-state index contributed by atoms with van der Waals surface area (Å²) in [5.41, 5.74) is 0.0425. The number of hydrazone groups is 1. The van der Waals surface area contributed by atoms with Crippen molar-refractivity contribution >= 4 is 23.5 Å². The molecular weight excluding hydrogens is 338 g/mol. The Kier molecular flexibility index (Phi) is 6.46. The van der Waals surface area contributed by atoms with E-state index in [0.717, 1.165) is 5.56 Å². The Hall–Kier alpha value is -2.74. The zero-order valence-electron chi connectivity index (χ0n) is 14.9. The quantitative estimate of drug-likeness (QED) is 0.722. The molecule has 0 saturated carbocycles. The average Bonchev–Trinajstić information content (AvgIpc) is 2.57. The number of rotatable bonds is 8. The lowest BCUT2D eigenvalue weighted by Crippen LogP contribution is -2.53. The zero-order chi connectivity index (χ0) is 19.2. The molecule has 0 radical (unpaired) electrons. The van der Waals surface area contributed by atoms with E-state index in [1.165, 1.54) is 12.1 Å². The summed E-state index contributed by atoms with van der Waals surface area (Å²) in [6.07, 6.45) is 0.109. The van der Waals surface area contributed by atoms with Gasteiger partial charge in [-0.3, -0.25) is 14.4 Å². The summed E-state index contributed by atoms with van der Waals surface area (Å²) >= 11 is 0. The van der Waals surface area contributed by atoms with Crippen molar-refractivity contribution in [3.63, 3.8) is 0 Å². The molecule has 1 aromatic carbocycles. The van der Waals surface area contributed by atoms with E-state index in [1.54, 1.807) is 6.92 Å². The molecule has 2 amide bonds. The second kappa shape index (κ2) is 8.57. The van der Waals surface area contributed by atoms with Crippen LogP contribution in [0.2, 0.25) is 0 Å². The Bertz CT molecular complexity index is 704. The summed E-state index contributed by atoms with van der Waals surface area (Å²) in [6.45, 7) is 1.92. The molecule has 1 aromatic rings. The van der Waals surface area contributed by atoms with Gasteiger partial charge in [0.1, 0.15) is 5.71 Å². The van der Waals surface area contributed by atoms with Gasteiger partial charge in [-0.25, -0.2) is 5.01 Å². The Morgan fingerprint density at radius 3 is 2.62 bits per heavy atom. The van der Waals surface area contributed by atoms with E-state index in [0.29, 0.717) is 0 Å². The van der Waals surface area contributed by atoms with Crippen LogP contribution >= 0.6 is 0 Å². The van der Waals surface area contributed by atoms with E-state index >= 15 is 0 Å². The highest BCUT2D eigenvalue weighted by Crippen LogP contribution is 2.16. The molecule has 8 nitrogen and oxygen atoms in total. The molecule has 1 unspecified atom stereocenters. The number of carboxylic acid groups (broad SMARTS) is 1. The normalized spacial score (nSPS) is 16.6. The van der Waals surface area contributed by atoms with E-state index in [1.807, 2.05) is 30.3 Å². The van der Waals surface area contributed by atoms with Gasteiger partial charge in [0.15, 0.2) is 0 Å². The molecular formula is C18H23N3O5. The van der Waals surface area contributed by atoms with Crippen molar-refractivity contribution in [1.82, 2.24) is 10.3 Å². The van der Waals surface area contributed by atoms with Crippen molar-refractivity contribution < 1.29 is 24.2 Å². The topological polar surface area (TPSA) is 108 Å². The number of benzene rings is 1. The standard InChI is InChI=1S/C18H23N3O5/c1-18(12-26-2,10-16(23)24)19-17(25)14-8-9-15(22)21(20-14)11-13-6-4-3-5-7-13/h3-7H,8-12H2,1-2H3,(H,19,25)(H,23,24). The molecule has 1 aliphatic rings. The summed E-state index contributed by atoms with van der Waals surface area (Å²) < 4.78 is 5.03. The molecule has 0 fully saturated rings. The lowest BCUT2D eigenvalue weighted by Gasteiger charge is -2.30. The SMILES string of the molecule is COCC(C)(CC(=O)O)NC(=O)C1=NN(Cc2ccccc2)C(=O)CC1. The van der Waals surface area contributed by atoms with Crippen molar-refractivity contribution in [3.05, 3.63) is 35.9 Å². The lowest BCUT2D eigenvalue weighted by atomic mass is 9.98. The lowest BCUT2D eigenvalue weighted by molar-refractivity contribution is -0.139. The first-order chi connectivity index (χ1) is 12.3. The predicted molar refractivity (Wildman–Crippen MR) is 94.3 cm³/mol. The Labute approximate surface area is 151 Å². The molecule has 26 heavy (non-hydrogen) atoms. The predicted octanol–water partition coefficient (Wildman–Crippen LogP) is 1.16. The van der Waals surface area contributed by atoms with Gasteiger partial charge in [-0.1, -0.05) is 30.3 Å². The van der Waals surface area contributed by atoms with Gasteiger partial charge in [0.25, 0.3) is 5.91 Å². The molecule has 1 heterocycles. The molecule has 0 bridgehead atoms. The molecule has 8 heteroatoms. The number of carboxylic acids is 1. The maximum absolute atomic E-state index is 12.5. The number of methoxy groups -OCH3 is 1. The highest BCUT2D eigenvalue weighted by molar-refractivity contribution is 6.39. The third kappa shape index (κ3) is 5.38. The van der Waals surface area contributed by atoms with Crippen molar-refractivity contribution in [3.8, 4) is 0 Å². The van der Waals surface area contributed by atoms with Crippen LogP contribution in [0.5, 0.6) is 0 Å². The number of carbonyl (C=O) groups excluding carboxylic acids is 2. The van der Waals surface area contributed by atoms with Crippen LogP contribution in [0.1, 0.15) is 31.7 Å². The van der Waals surface area contributed by atoms with Gasteiger partial charge in [-0.15, -0.1) is 0 Å². The fourth-order valence-electron chi connectivity index (χ4n) is 2.77. The van der Waals surface area contributed by atoms with Crippen LogP contribution in [-0.2, 0) is 25.7 Å². The fraction of sp³-hybridized carbons (Fsp3) is 0.444. The van der Waals surface area contributed by atoms with Crippen LogP contribution in [-0.4, -0.2) is 52.9 Å². The number of nitrogens with zero attached hydrogens (tertiary/aromatic N) is 2. The number of hydrogen-bond donors (Lipinski definition) is 2. The summed E-state index contributed by atoms with van der Waals surface area (Å²) in [5.74, 6) is -1.69. The molecule has 0 aromatic heterocycles. The van der Waals surface area contributed by atoms with E-state index in [2.05, 4.69) is 10.4 Å². The maximum atomic E-state index is 12.5. The minimum Gasteiger partial charge on any atom is -0.481 e. The molecule has 0 spiro atoms. The Balaban J connectivity index is 2.12. The number of nitrogens with one attached hydrogen (secondary N) is 1. The smallest absolute Gasteiger partial charge is 0.305 e. The molecule has 1 atom stereocenters. The van der Waals surface area contributed by atoms with Crippen LogP contribution < -0.4 is 5.32 Å². The number of aliphatic carboxylic acids is 1. The molecule has 140 valence electrons. The summed E-state index contributed by atoms with van der Waals surface area (Å²) in [7, 11) is 1.44. The van der Waals surface area contributed by atoms with Gasteiger partial charge in [0.2, 0.25) is 5.91 Å². The van der Waals surface area contributed by atoms with Crippen molar-refractivity contribution in [1.29, 1.82) is 0 Å². The van der Waals surface area contributed by atoms with E-state index in [-0.39, 0.29) is 44.0 Å². The Morgan fingerprint density at radius 2 is 2.00 bits per heavy atom. The van der Waals surface area contributed by atoms with Crippen molar-refractivity contribution in [2.45, 2.75) is 38.3 Å². The van der Waals surface area contributed by atoms with E-state index in [4.69, 9.17) is 9.84 Å². The van der Waals surface area contributed by atoms with Crippen molar-refractivity contribution in [2.24, 2.45) is 5.10 Å². The van der Waals surface area contributed by atoms with Crippen molar-refractivity contribution in [2.75, 3.05) is 13.7 Å². The van der Waals surface area contributed by atoms with E-state index < -0.39 is 17.4 Å². The number of hydrogen-bond acceptors (Lipinski definition) is 5. The second-order valence-corrected chi connectivity index (χ2v) is 6.50. The van der Waals surface area contributed by atoms with Gasteiger partial charge in [0.05, 0.1) is 25.1 Å². The largest absolute Gasteiger partial charge is 0.481 e. The fourth-order valence-corrected chi connectivity index (χ4v) is 2.77. The number of amides is 2. The minimum atomic E-state index is -1.06.